The van der Waals surface area contributed by atoms with E-state index in [0.29, 0.717) is 16.5 Å². The largest absolute Gasteiger partial charge is 0.338 e. The van der Waals surface area contributed by atoms with Crippen molar-refractivity contribution in [3.8, 4) is 0 Å². The van der Waals surface area contributed by atoms with Gasteiger partial charge in [-0.25, -0.2) is 0 Å². The fourth-order valence-electron chi connectivity index (χ4n) is 1.16. The van der Waals surface area contributed by atoms with Crippen molar-refractivity contribution in [2.45, 2.75) is 13.0 Å². The summed E-state index contributed by atoms with van der Waals surface area (Å²) in [7, 11) is 1.72. The number of hydrogen-bond acceptors (Lipinski definition) is 1. The number of carbonyl (C=O) groups excluding carboxylic acids is 1. The highest BCUT2D eigenvalue weighted by Gasteiger charge is 2.18. The van der Waals surface area contributed by atoms with Crippen molar-refractivity contribution in [2.75, 3.05) is 12.9 Å². The minimum absolute atomic E-state index is 0.0196. The third-order valence-corrected chi connectivity index (χ3v) is 3.62. The van der Waals surface area contributed by atoms with Gasteiger partial charge in [-0.15, -0.1) is 11.6 Å². The van der Waals surface area contributed by atoms with Crippen LogP contribution in [0.1, 0.15) is 17.3 Å². The molecule has 1 aromatic rings. The van der Waals surface area contributed by atoms with E-state index in [9.17, 15) is 4.79 Å². The zero-order chi connectivity index (χ0) is 12.3. The minimum atomic E-state index is -0.120. The molecule has 0 heterocycles. The maximum absolute atomic E-state index is 12.0. The molecular weight excluding hydrogens is 313 g/mol. The Kier molecular flexibility index (Phi) is 5.09. The first kappa shape index (κ1) is 13.8. The van der Waals surface area contributed by atoms with Crippen LogP contribution < -0.4 is 0 Å². The molecule has 88 valence electrons. The van der Waals surface area contributed by atoms with E-state index < -0.39 is 0 Å². The molecular formula is C11H12BrCl2NO. The molecule has 1 atom stereocenters. The van der Waals surface area contributed by atoms with E-state index in [2.05, 4.69) is 15.9 Å². The number of alkyl halides is 1. The van der Waals surface area contributed by atoms with E-state index in [-0.39, 0.29) is 11.9 Å². The number of rotatable bonds is 3. The van der Waals surface area contributed by atoms with E-state index in [1.54, 1.807) is 30.1 Å². The summed E-state index contributed by atoms with van der Waals surface area (Å²) in [6.45, 7) is 1.89. The molecule has 0 aliphatic carbocycles. The topological polar surface area (TPSA) is 20.3 Å². The van der Waals surface area contributed by atoms with Gasteiger partial charge >= 0.3 is 0 Å². The molecule has 5 heteroatoms. The third kappa shape index (κ3) is 3.12. The minimum Gasteiger partial charge on any atom is -0.338 e. The Morgan fingerprint density at radius 1 is 1.56 bits per heavy atom. The summed E-state index contributed by atoms with van der Waals surface area (Å²) in [5.74, 6) is 0.279. The molecule has 0 saturated carbocycles. The van der Waals surface area contributed by atoms with Gasteiger partial charge in [-0.2, -0.15) is 0 Å². The second-order valence-electron chi connectivity index (χ2n) is 3.54. The van der Waals surface area contributed by atoms with Gasteiger partial charge in [0, 0.05) is 23.4 Å². The van der Waals surface area contributed by atoms with E-state index >= 15 is 0 Å². The van der Waals surface area contributed by atoms with Gasteiger partial charge in [-0.05, 0) is 25.1 Å². The van der Waals surface area contributed by atoms with Gasteiger partial charge in [-0.1, -0.05) is 27.5 Å². The lowest BCUT2D eigenvalue weighted by atomic mass is 10.2. The fraction of sp³-hybridized carbons (Fsp3) is 0.364. The van der Waals surface area contributed by atoms with Crippen molar-refractivity contribution in [1.82, 2.24) is 4.90 Å². The quantitative estimate of drug-likeness (QED) is 0.774. The molecule has 0 aliphatic rings. The Hall–Kier alpha value is -0.250. The normalized spacial score (nSPS) is 12.3. The van der Waals surface area contributed by atoms with Gasteiger partial charge in [0.2, 0.25) is 0 Å². The molecule has 1 amide bonds. The van der Waals surface area contributed by atoms with E-state index in [4.69, 9.17) is 23.2 Å². The summed E-state index contributed by atoms with van der Waals surface area (Å²) in [6, 6.07) is 5.17. The molecule has 0 aromatic heterocycles. The van der Waals surface area contributed by atoms with E-state index in [1.165, 1.54) is 0 Å². The Morgan fingerprint density at radius 2 is 2.19 bits per heavy atom. The lowest BCUT2D eigenvalue weighted by Gasteiger charge is -2.23. The first-order valence-electron chi connectivity index (χ1n) is 4.75. The van der Waals surface area contributed by atoms with Crippen LogP contribution in [0.4, 0.5) is 0 Å². The molecule has 2 nitrogen and oxygen atoms in total. The summed E-state index contributed by atoms with van der Waals surface area (Å²) in [6.07, 6.45) is 0. The number of carbonyl (C=O) groups is 1. The van der Waals surface area contributed by atoms with Crippen molar-refractivity contribution in [1.29, 1.82) is 0 Å². The molecule has 0 saturated heterocycles. The number of hydrogen-bond donors (Lipinski definition) is 0. The third-order valence-electron chi connectivity index (χ3n) is 2.37. The molecule has 0 fully saturated rings. The van der Waals surface area contributed by atoms with Crippen molar-refractivity contribution in [3.63, 3.8) is 0 Å². The highest BCUT2D eigenvalue weighted by atomic mass is 79.9. The maximum Gasteiger partial charge on any atom is 0.255 e. The number of nitrogens with zero attached hydrogens (tertiary/aromatic N) is 1. The van der Waals surface area contributed by atoms with Gasteiger partial charge < -0.3 is 4.90 Å². The monoisotopic (exact) mass is 323 g/mol. The second-order valence-corrected chi connectivity index (χ2v) is 5.18. The van der Waals surface area contributed by atoms with Crippen molar-refractivity contribution in [3.05, 3.63) is 33.3 Å². The van der Waals surface area contributed by atoms with Crippen molar-refractivity contribution < 1.29 is 4.79 Å². The van der Waals surface area contributed by atoms with E-state index in [1.807, 2.05) is 6.92 Å². The Labute approximate surface area is 114 Å². The molecule has 0 bridgehead atoms. The molecule has 1 unspecified atom stereocenters. The molecule has 0 aliphatic heterocycles. The predicted molar refractivity (Wildman–Crippen MR) is 71.4 cm³/mol. The molecule has 1 aromatic carbocycles. The summed E-state index contributed by atoms with van der Waals surface area (Å²) in [4.78, 5) is 13.6. The molecule has 0 spiro atoms. The first-order valence-corrected chi connectivity index (χ1v) is 6.46. The zero-order valence-electron chi connectivity index (χ0n) is 9.01. The molecule has 0 radical (unpaired) electrons. The highest BCUT2D eigenvalue weighted by molar-refractivity contribution is 9.10. The number of halogens is 3. The van der Waals surface area contributed by atoms with Crippen LogP contribution in [0.3, 0.4) is 0 Å². The molecule has 16 heavy (non-hydrogen) atoms. The van der Waals surface area contributed by atoms with Crippen LogP contribution >= 0.6 is 39.1 Å². The average Bonchev–Trinajstić information content (AvgIpc) is 2.26. The predicted octanol–water partition coefficient (Wildman–Crippen LogP) is 3.80. The summed E-state index contributed by atoms with van der Waals surface area (Å²) in [5.41, 5.74) is 0.490. The van der Waals surface area contributed by atoms with Gasteiger partial charge in [-0.3, -0.25) is 4.79 Å². The maximum atomic E-state index is 12.0. The smallest absolute Gasteiger partial charge is 0.255 e. The zero-order valence-corrected chi connectivity index (χ0v) is 12.1. The van der Waals surface area contributed by atoms with Crippen LogP contribution in [0.15, 0.2) is 22.7 Å². The standard InChI is InChI=1S/C11H12BrCl2NO/c1-7(6-13)15(2)11(16)9-4-3-8(12)5-10(9)14/h3-5,7H,6H2,1-2H3. The summed E-state index contributed by atoms with van der Waals surface area (Å²) >= 11 is 15.0. The fourth-order valence-corrected chi connectivity index (χ4v) is 2.12. The van der Waals surface area contributed by atoms with Crippen LogP contribution in [0.5, 0.6) is 0 Å². The SMILES string of the molecule is CC(CCl)N(C)C(=O)c1ccc(Br)cc1Cl. The highest BCUT2D eigenvalue weighted by Crippen LogP contribution is 2.22. The Morgan fingerprint density at radius 3 is 2.69 bits per heavy atom. The number of benzene rings is 1. The molecule has 1 rings (SSSR count). The van der Waals surface area contributed by atoms with Crippen LogP contribution in [-0.2, 0) is 0 Å². The molecule has 0 N–H and O–H groups in total. The van der Waals surface area contributed by atoms with Crippen LogP contribution in [-0.4, -0.2) is 29.8 Å². The van der Waals surface area contributed by atoms with Crippen molar-refractivity contribution >= 4 is 45.0 Å². The van der Waals surface area contributed by atoms with Crippen LogP contribution in [0.2, 0.25) is 5.02 Å². The lowest BCUT2D eigenvalue weighted by molar-refractivity contribution is 0.0757. The second kappa shape index (κ2) is 5.89. The first-order chi connectivity index (χ1) is 7.47. The van der Waals surface area contributed by atoms with Gasteiger partial charge in [0.05, 0.1) is 10.6 Å². The summed E-state index contributed by atoms with van der Waals surface area (Å²) in [5, 5.41) is 0.438. The Bertz CT molecular complexity index is 398. The average molecular weight is 325 g/mol. The van der Waals surface area contributed by atoms with E-state index in [0.717, 1.165) is 4.47 Å². The lowest BCUT2D eigenvalue weighted by Crippen LogP contribution is -2.36. The van der Waals surface area contributed by atoms with Gasteiger partial charge in [0.25, 0.3) is 5.91 Å². The van der Waals surface area contributed by atoms with Crippen LogP contribution in [0.25, 0.3) is 0 Å². The van der Waals surface area contributed by atoms with Crippen LogP contribution in [0, 0.1) is 0 Å². The Balaban J connectivity index is 2.96. The van der Waals surface area contributed by atoms with Gasteiger partial charge in [0.15, 0.2) is 0 Å². The van der Waals surface area contributed by atoms with Gasteiger partial charge in [0.1, 0.15) is 0 Å². The van der Waals surface area contributed by atoms with Crippen molar-refractivity contribution in [2.24, 2.45) is 0 Å². The summed E-state index contributed by atoms with van der Waals surface area (Å²) < 4.78 is 0.849. The number of amides is 1.